The minimum absolute atomic E-state index is 0.00494. The van der Waals surface area contributed by atoms with E-state index in [2.05, 4.69) is 10.3 Å². The van der Waals surface area contributed by atoms with Crippen LogP contribution in [0.4, 0.5) is 0 Å². The van der Waals surface area contributed by atoms with E-state index in [0.717, 1.165) is 10.6 Å². The van der Waals surface area contributed by atoms with Crippen molar-refractivity contribution in [3.8, 4) is 10.6 Å². The van der Waals surface area contributed by atoms with E-state index in [1.165, 1.54) is 11.3 Å². The number of halogens is 1. The van der Waals surface area contributed by atoms with Gasteiger partial charge in [-0.25, -0.2) is 4.98 Å². The summed E-state index contributed by atoms with van der Waals surface area (Å²) < 4.78 is 0. The summed E-state index contributed by atoms with van der Waals surface area (Å²) >= 11 is 7.20. The molecule has 2 rings (SSSR count). The summed E-state index contributed by atoms with van der Waals surface area (Å²) in [5, 5.41) is 13.1. The first-order chi connectivity index (χ1) is 11.2. The molecular formula is C17H19ClN2O3S. The second kappa shape index (κ2) is 7.32. The Balaban J connectivity index is 2.15. The molecule has 0 atom stereocenters. The van der Waals surface area contributed by atoms with E-state index in [1.54, 1.807) is 19.1 Å². The molecule has 0 saturated carbocycles. The highest BCUT2D eigenvalue weighted by atomic mass is 35.5. The molecule has 5 nitrogen and oxygen atoms in total. The average Bonchev–Trinajstić information content (AvgIpc) is 2.88. The van der Waals surface area contributed by atoms with Gasteiger partial charge in [0.15, 0.2) is 0 Å². The lowest BCUT2D eigenvalue weighted by molar-refractivity contribution is -0.137. The van der Waals surface area contributed by atoms with Crippen LogP contribution < -0.4 is 5.32 Å². The molecule has 1 amide bonds. The Morgan fingerprint density at radius 3 is 2.50 bits per heavy atom. The van der Waals surface area contributed by atoms with E-state index in [1.807, 2.05) is 26.0 Å². The lowest BCUT2D eigenvalue weighted by Crippen LogP contribution is -2.43. The molecule has 2 aromatic rings. The van der Waals surface area contributed by atoms with Crippen LogP contribution in [0.25, 0.3) is 10.6 Å². The number of carbonyl (C=O) groups is 2. The van der Waals surface area contributed by atoms with Crippen molar-refractivity contribution in [1.82, 2.24) is 10.3 Å². The van der Waals surface area contributed by atoms with E-state index >= 15 is 0 Å². The van der Waals surface area contributed by atoms with Crippen LogP contribution in [0.5, 0.6) is 0 Å². The summed E-state index contributed by atoms with van der Waals surface area (Å²) in [7, 11) is 0. The van der Waals surface area contributed by atoms with Crippen molar-refractivity contribution in [2.75, 3.05) is 0 Å². The van der Waals surface area contributed by atoms with Crippen molar-refractivity contribution in [3.63, 3.8) is 0 Å². The molecule has 2 N–H and O–H groups in total. The van der Waals surface area contributed by atoms with Crippen molar-refractivity contribution < 1.29 is 14.7 Å². The van der Waals surface area contributed by atoms with Gasteiger partial charge in [-0.15, -0.1) is 11.3 Å². The number of benzene rings is 1. The summed E-state index contributed by atoms with van der Waals surface area (Å²) in [6.07, 6.45) is 0.362. The molecule has 128 valence electrons. The van der Waals surface area contributed by atoms with Crippen LogP contribution in [0.2, 0.25) is 5.02 Å². The number of nitrogens with one attached hydrogen (secondary N) is 1. The van der Waals surface area contributed by atoms with Crippen LogP contribution in [0.1, 0.15) is 42.1 Å². The Morgan fingerprint density at radius 1 is 1.29 bits per heavy atom. The Kier molecular flexibility index (Phi) is 5.62. The fourth-order valence-corrected chi connectivity index (χ4v) is 3.26. The number of nitrogens with zero attached hydrogens (tertiary/aromatic N) is 1. The molecule has 1 aromatic heterocycles. The average molecular weight is 367 g/mol. The van der Waals surface area contributed by atoms with Gasteiger partial charge in [-0.1, -0.05) is 23.7 Å². The molecule has 0 unspecified atom stereocenters. The number of rotatable bonds is 6. The minimum Gasteiger partial charge on any atom is -0.481 e. The highest BCUT2D eigenvalue weighted by Crippen LogP contribution is 2.29. The van der Waals surface area contributed by atoms with Gasteiger partial charge in [0.1, 0.15) is 9.88 Å². The molecular weight excluding hydrogens is 348 g/mol. The third kappa shape index (κ3) is 4.79. The number of carboxylic acid groups (broad SMARTS) is 1. The number of aliphatic carboxylic acids is 1. The number of carboxylic acids is 1. The van der Waals surface area contributed by atoms with E-state index < -0.39 is 11.5 Å². The molecule has 1 aromatic carbocycles. The number of aryl methyl sites for hydroxylation is 1. The molecule has 1 heterocycles. The number of hydrogen-bond acceptors (Lipinski definition) is 4. The van der Waals surface area contributed by atoms with Crippen molar-refractivity contribution in [3.05, 3.63) is 39.9 Å². The largest absolute Gasteiger partial charge is 0.481 e. The Bertz CT molecular complexity index is 754. The zero-order valence-electron chi connectivity index (χ0n) is 13.7. The third-order valence-electron chi connectivity index (χ3n) is 3.51. The molecule has 0 spiro atoms. The second-order valence-electron chi connectivity index (χ2n) is 6.17. The van der Waals surface area contributed by atoms with Gasteiger partial charge in [-0.2, -0.15) is 0 Å². The Morgan fingerprint density at radius 2 is 1.92 bits per heavy atom. The first-order valence-electron chi connectivity index (χ1n) is 7.45. The van der Waals surface area contributed by atoms with E-state index in [4.69, 9.17) is 16.7 Å². The van der Waals surface area contributed by atoms with E-state index in [0.29, 0.717) is 22.0 Å². The monoisotopic (exact) mass is 366 g/mol. The van der Waals surface area contributed by atoms with Gasteiger partial charge >= 0.3 is 5.97 Å². The van der Waals surface area contributed by atoms with Gasteiger partial charge in [0.05, 0.1) is 5.69 Å². The van der Waals surface area contributed by atoms with Crippen LogP contribution in [0.15, 0.2) is 24.3 Å². The van der Waals surface area contributed by atoms with E-state index in [-0.39, 0.29) is 12.3 Å². The van der Waals surface area contributed by atoms with Crippen LogP contribution in [-0.4, -0.2) is 27.5 Å². The van der Waals surface area contributed by atoms with Gasteiger partial charge in [-0.3, -0.25) is 9.59 Å². The SMILES string of the molecule is Cc1nc(-c2ccc(Cl)cc2)sc1C(=O)NC(C)(C)CCC(=O)O. The minimum atomic E-state index is -0.878. The van der Waals surface area contributed by atoms with Crippen LogP contribution in [0, 0.1) is 6.92 Å². The standard InChI is InChI=1S/C17H19ClN2O3S/c1-10-14(15(23)20-17(2,3)9-8-13(21)22)24-16(19-10)11-4-6-12(18)7-5-11/h4-7H,8-9H2,1-3H3,(H,20,23)(H,21,22). The smallest absolute Gasteiger partial charge is 0.303 e. The molecule has 0 aliphatic carbocycles. The summed E-state index contributed by atoms with van der Waals surface area (Å²) in [5.41, 5.74) is 0.944. The van der Waals surface area contributed by atoms with Crippen LogP contribution in [0.3, 0.4) is 0 Å². The maximum atomic E-state index is 12.5. The lowest BCUT2D eigenvalue weighted by atomic mass is 9.98. The Labute approximate surface area is 149 Å². The fraction of sp³-hybridized carbons (Fsp3) is 0.353. The number of carbonyl (C=O) groups excluding carboxylic acids is 1. The van der Waals surface area contributed by atoms with Gasteiger partial charge in [0.2, 0.25) is 0 Å². The molecule has 0 fully saturated rings. The first-order valence-corrected chi connectivity index (χ1v) is 8.65. The number of amides is 1. The molecule has 0 aliphatic rings. The zero-order valence-corrected chi connectivity index (χ0v) is 15.3. The van der Waals surface area contributed by atoms with Crippen molar-refractivity contribution in [1.29, 1.82) is 0 Å². The fourth-order valence-electron chi connectivity index (χ4n) is 2.17. The summed E-state index contributed by atoms with van der Waals surface area (Å²) in [6.45, 7) is 5.41. The molecule has 0 bridgehead atoms. The Hall–Kier alpha value is -1.92. The molecule has 24 heavy (non-hydrogen) atoms. The van der Waals surface area contributed by atoms with Gasteiger partial charge in [-0.05, 0) is 39.3 Å². The van der Waals surface area contributed by atoms with Gasteiger partial charge in [0.25, 0.3) is 5.91 Å². The van der Waals surface area contributed by atoms with Gasteiger partial charge < -0.3 is 10.4 Å². The van der Waals surface area contributed by atoms with Gasteiger partial charge in [0, 0.05) is 22.5 Å². The summed E-state index contributed by atoms with van der Waals surface area (Å²) in [5.74, 6) is -1.11. The normalized spacial score (nSPS) is 11.3. The predicted octanol–water partition coefficient (Wildman–Crippen LogP) is 4.15. The topological polar surface area (TPSA) is 79.3 Å². The highest BCUT2D eigenvalue weighted by molar-refractivity contribution is 7.17. The van der Waals surface area contributed by atoms with E-state index in [9.17, 15) is 9.59 Å². The number of hydrogen-bond donors (Lipinski definition) is 2. The van der Waals surface area contributed by atoms with Crippen molar-refractivity contribution in [2.24, 2.45) is 0 Å². The summed E-state index contributed by atoms with van der Waals surface area (Å²) in [6, 6.07) is 7.28. The molecule has 0 radical (unpaired) electrons. The maximum absolute atomic E-state index is 12.5. The van der Waals surface area contributed by atoms with Crippen molar-refractivity contribution >= 4 is 34.8 Å². The second-order valence-corrected chi connectivity index (χ2v) is 7.61. The van der Waals surface area contributed by atoms with Crippen LogP contribution in [-0.2, 0) is 4.79 Å². The summed E-state index contributed by atoms with van der Waals surface area (Å²) in [4.78, 5) is 28.2. The quantitative estimate of drug-likeness (QED) is 0.805. The molecule has 0 saturated heterocycles. The predicted molar refractivity (Wildman–Crippen MR) is 95.7 cm³/mol. The van der Waals surface area contributed by atoms with Crippen molar-refractivity contribution in [2.45, 2.75) is 39.2 Å². The lowest BCUT2D eigenvalue weighted by Gasteiger charge is -2.25. The maximum Gasteiger partial charge on any atom is 0.303 e. The molecule has 7 heteroatoms. The first kappa shape index (κ1) is 18.4. The third-order valence-corrected chi connectivity index (χ3v) is 4.97. The zero-order chi connectivity index (χ0) is 17.9. The number of aromatic nitrogens is 1. The molecule has 0 aliphatic heterocycles. The highest BCUT2D eigenvalue weighted by Gasteiger charge is 2.25. The number of thiazole rings is 1. The van der Waals surface area contributed by atoms with Crippen LogP contribution >= 0.6 is 22.9 Å².